The van der Waals surface area contributed by atoms with Crippen LogP contribution < -0.4 is 0 Å². The minimum absolute atomic E-state index is 0.210. The summed E-state index contributed by atoms with van der Waals surface area (Å²) in [6, 6.07) is 12.4. The predicted octanol–water partition coefficient (Wildman–Crippen LogP) is 3.83. The SMILES string of the molecule is O=C1C=C(/C=C\c2ccc(O)c(O)c2)[C@@H]2C(=O)[C@H]1[C@H](c1ccc(O)c(O)c1)[C@H]2c1cc(O)cc(O)c1. The highest BCUT2D eigenvalue weighted by Gasteiger charge is 2.56. The van der Waals surface area contributed by atoms with Gasteiger partial charge in [-0.3, -0.25) is 9.59 Å². The first-order valence-corrected chi connectivity index (χ1v) is 11.2. The van der Waals surface area contributed by atoms with Gasteiger partial charge in [-0.05, 0) is 64.7 Å². The molecule has 0 amide bonds. The highest BCUT2D eigenvalue weighted by molar-refractivity contribution is 6.15. The summed E-state index contributed by atoms with van der Waals surface area (Å²) in [5.41, 5.74) is 1.82. The van der Waals surface area contributed by atoms with Crippen LogP contribution in [0.1, 0.15) is 28.5 Å². The van der Waals surface area contributed by atoms with Crippen LogP contribution in [0.4, 0.5) is 0 Å². The normalized spacial score (nSPS) is 23.3. The maximum Gasteiger partial charge on any atom is 0.167 e. The first-order chi connectivity index (χ1) is 17.1. The van der Waals surface area contributed by atoms with Gasteiger partial charge in [-0.15, -0.1) is 0 Å². The second-order valence-corrected chi connectivity index (χ2v) is 9.07. The summed E-state index contributed by atoms with van der Waals surface area (Å²) in [7, 11) is 0. The van der Waals surface area contributed by atoms with Crippen LogP contribution >= 0.6 is 0 Å². The molecular weight excluding hydrogens is 464 g/mol. The number of phenols is 6. The second-order valence-electron chi connectivity index (χ2n) is 9.07. The molecule has 0 saturated heterocycles. The first kappa shape index (κ1) is 23.0. The summed E-state index contributed by atoms with van der Waals surface area (Å²) < 4.78 is 0. The molecule has 1 fully saturated rings. The molecule has 2 aliphatic carbocycles. The van der Waals surface area contributed by atoms with E-state index < -0.39 is 35.2 Å². The first-order valence-electron chi connectivity index (χ1n) is 11.2. The molecule has 8 heteroatoms. The van der Waals surface area contributed by atoms with Gasteiger partial charge in [0, 0.05) is 17.9 Å². The van der Waals surface area contributed by atoms with E-state index in [1.807, 2.05) is 0 Å². The summed E-state index contributed by atoms with van der Waals surface area (Å²) in [6.07, 6.45) is 4.58. The Morgan fingerprint density at radius 1 is 0.583 bits per heavy atom. The average molecular weight is 486 g/mol. The summed E-state index contributed by atoms with van der Waals surface area (Å²) >= 11 is 0. The number of rotatable bonds is 4. The number of fused-ring (bicyclic) bond motifs is 2. The van der Waals surface area contributed by atoms with Gasteiger partial charge in [-0.2, -0.15) is 0 Å². The van der Waals surface area contributed by atoms with Gasteiger partial charge in [0.05, 0.1) is 11.8 Å². The number of hydrogen-bond donors (Lipinski definition) is 6. The zero-order valence-corrected chi connectivity index (χ0v) is 18.7. The fourth-order valence-corrected chi connectivity index (χ4v) is 5.34. The van der Waals surface area contributed by atoms with Crippen molar-refractivity contribution in [2.24, 2.45) is 11.8 Å². The Hall–Kier alpha value is -4.72. The molecule has 2 aliphatic rings. The maximum atomic E-state index is 13.6. The van der Waals surface area contributed by atoms with E-state index in [0.29, 0.717) is 22.3 Å². The molecule has 0 aliphatic heterocycles. The Labute approximate surface area is 205 Å². The van der Waals surface area contributed by atoms with E-state index in [9.17, 15) is 40.2 Å². The Bertz CT molecular complexity index is 1450. The van der Waals surface area contributed by atoms with E-state index in [-0.39, 0.29) is 34.5 Å². The van der Waals surface area contributed by atoms with Crippen LogP contribution in [-0.2, 0) is 9.59 Å². The molecule has 182 valence electrons. The number of phenolic OH excluding ortho intramolecular Hbond substituents is 6. The van der Waals surface area contributed by atoms with Crippen LogP contribution in [0.2, 0.25) is 0 Å². The molecule has 8 nitrogen and oxygen atoms in total. The van der Waals surface area contributed by atoms with Gasteiger partial charge in [-0.25, -0.2) is 0 Å². The zero-order valence-electron chi connectivity index (χ0n) is 18.7. The number of carbonyl (C=O) groups is 2. The molecule has 3 aromatic rings. The van der Waals surface area contributed by atoms with E-state index >= 15 is 0 Å². The lowest BCUT2D eigenvalue weighted by molar-refractivity contribution is -0.130. The minimum atomic E-state index is -1.05. The lowest BCUT2D eigenvalue weighted by Crippen LogP contribution is -2.29. The molecule has 36 heavy (non-hydrogen) atoms. The van der Waals surface area contributed by atoms with Gasteiger partial charge in [0.1, 0.15) is 11.5 Å². The van der Waals surface area contributed by atoms with Crippen molar-refractivity contribution in [2.45, 2.75) is 11.8 Å². The number of aromatic hydroxyl groups is 6. The fraction of sp³-hybridized carbons (Fsp3) is 0.143. The highest BCUT2D eigenvalue weighted by atomic mass is 16.3. The number of hydrogen-bond acceptors (Lipinski definition) is 8. The van der Waals surface area contributed by atoms with E-state index in [4.69, 9.17) is 0 Å². The van der Waals surface area contributed by atoms with Crippen LogP contribution in [-0.4, -0.2) is 42.2 Å². The molecule has 0 unspecified atom stereocenters. The fourth-order valence-electron chi connectivity index (χ4n) is 5.34. The molecule has 0 aromatic heterocycles. The monoisotopic (exact) mass is 486 g/mol. The van der Waals surface area contributed by atoms with Crippen molar-refractivity contribution in [3.8, 4) is 34.5 Å². The van der Waals surface area contributed by atoms with Gasteiger partial charge in [-0.1, -0.05) is 24.3 Å². The van der Waals surface area contributed by atoms with Crippen molar-refractivity contribution in [1.82, 2.24) is 0 Å². The van der Waals surface area contributed by atoms with Crippen molar-refractivity contribution < 1.29 is 40.2 Å². The zero-order chi connectivity index (χ0) is 25.7. The molecule has 3 aromatic carbocycles. The summed E-state index contributed by atoms with van der Waals surface area (Å²) in [6.45, 7) is 0. The topological polar surface area (TPSA) is 156 Å². The van der Waals surface area contributed by atoms with E-state index in [1.165, 1.54) is 48.5 Å². The van der Waals surface area contributed by atoms with Gasteiger partial charge in [0.2, 0.25) is 0 Å². The van der Waals surface area contributed by atoms with Crippen LogP contribution in [0.15, 0.2) is 72.3 Å². The van der Waals surface area contributed by atoms with E-state index in [0.717, 1.165) is 6.07 Å². The molecule has 5 rings (SSSR count). The molecule has 4 atom stereocenters. The van der Waals surface area contributed by atoms with Crippen molar-refractivity contribution in [1.29, 1.82) is 0 Å². The number of Topliss-reactive ketones (excluding diaryl/α,β-unsaturated/α-hetero) is 1. The van der Waals surface area contributed by atoms with Gasteiger partial charge in [0.25, 0.3) is 0 Å². The van der Waals surface area contributed by atoms with Gasteiger partial charge >= 0.3 is 0 Å². The molecular formula is C28H22O8. The quantitative estimate of drug-likeness (QED) is 0.240. The molecule has 0 heterocycles. The minimum Gasteiger partial charge on any atom is -0.508 e. The number of benzene rings is 3. The Balaban J connectivity index is 1.64. The second kappa shape index (κ2) is 8.49. The number of carbonyl (C=O) groups excluding carboxylic acids is 2. The standard InChI is InChI=1S/C28H22O8/c29-17-8-16(9-18(30)12-17)25-24(14-4-6-20(32)22(34)10-14)27-23(35)11-15(26(25)28(27)36)3-1-13-2-5-19(31)21(33)7-13/h1-12,24-27,29-34H/b3-1-/t24-,25-,26+,27-/m1/s1. The van der Waals surface area contributed by atoms with Crippen LogP contribution in [0, 0.1) is 11.8 Å². The molecule has 2 bridgehead atoms. The third kappa shape index (κ3) is 3.82. The third-order valence-corrected chi connectivity index (χ3v) is 6.85. The highest BCUT2D eigenvalue weighted by Crippen LogP contribution is 2.57. The van der Waals surface area contributed by atoms with Crippen molar-refractivity contribution in [3.63, 3.8) is 0 Å². The Morgan fingerprint density at radius 3 is 1.83 bits per heavy atom. The molecule has 1 saturated carbocycles. The summed E-state index contributed by atoms with van der Waals surface area (Å²) in [5.74, 6) is -5.79. The lowest BCUT2D eigenvalue weighted by Gasteiger charge is -2.25. The largest absolute Gasteiger partial charge is 0.508 e. The summed E-state index contributed by atoms with van der Waals surface area (Å²) in [4.78, 5) is 26.8. The van der Waals surface area contributed by atoms with Crippen molar-refractivity contribution in [2.75, 3.05) is 0 Å². The average Bonchev–Trinajstić information content (AvgIpc) is 3.05. The Morgan fingerprint density at radius 2 is 1.19 bits per heavy atom. The van der Waals surface area contributed by atoms with Crippen molar-refractivity contribution >= 4 is 17.6 Å². The van der Waals surface area contributed by atoms with E-state index in [2.05, 4.69) is 0 Å². The van der Waals surface area contributed by atoms with Crippen LogP contribution in [0.5, 0.6) is 34.5 Å². The van der Waals surface area contributed by atoms with Gasteiger partial charge in [0.15, 0.2) is 34.6 Å². The van der Waals surface area contributed by atoms with Crippen LogP contribution in [0.3, 0.4) is 0 Å². The molecule has 6 N–H and O–H groups in total. The third-order valence-electron chi connectivity index (χ3n) is 6.85. The lowest BCUT2D eigenvalue weighted by atomic mass is 9.77. The van der Waals surface area contributed by atoms with Gasteiger partial charge < -0.3 is 30.6 Å². The predicted molar refractivity (Wildman–Crippen MR) is 129 cm³/mol. The molecule has 0 spiro atoms. The van der Waals surface area contributed by atoms with E-state index in [1.54, 1.807) is 18.2 Å². The maximum absolute atomic E-state index is 13.6. The number of ketones is 2. The van der Waals surface area contributed by atoms with Crippen molar-refractivity contribution in [3.05, 3.63) is 89.0 Å². The van der Waals surface area contributed by atoms with Crippen LogP contribution in [0.25, 0.3) is 6.08 Å². The molecule has 0 radical (unpaired) electrons. The Kier molecular flexibility index (Phi) is 5.44. The summed E-state index contributed by atoms with van der Waals surface area (Å²) in [5, 5.41) is 59.6. The smallest absolute Gasteiger partial charge is 0.167 e. The number of allylic oxidation sites excluding steroid dienone is 3.